The summed E-state index contributed by atoms with van der Waals surface area (Å²) >= 11 is 0. The molecule has 182 valence electrons. The lowest BCUT2D eigenvalue weighted by Crippen LogP contribution is -2.64. The number of aliphatic hydroxyl groups excluding tert-OH is 6. The lowest BCUT2D eigenvalue weighted by molar-refractivity contribution is -0.364. The SMILES string of the molecule is C[C@@H]1O[C@@H](O[C@H]2[C@H](OCCc3ccc(O)c(O)c3)O[C@H](CO)[C@@H](O)[C@H]2O)[C@H](O)[C@H](O)[C@H]1O. The smallest absolute Gasteiger partial charge is 0.187 e. The van der Waals surface area contributed by atoms with Crippen LogP contribution in [0.2, 0.25) is 0 Å². The number of benzene rings is 1. The van der Waals surface area contributed by atoms with Crippen LogP contribution in [0.25, 0.3) is 0 Å². The van der Waals surface area contributed by atoms with Crippen LogP contribution in [0.5, 0.6) is 11.5 Å². The number of hydrogen-bond donors (Lipinski definition) is 8. The fraction of sp³-hybridized carbons (Fsp3) is 0.700. The molecule has 2 heterocycles. The highest BCUT2D eigenvalue weighted by Crippen LogP contribution is 2.30. The van der Waals surface area contributed by atoms with Crippen molar-refractivity contribution in [2.75, 3.05) is 13.2 Å². The Bertz CT molecular complexity index is 747. The molecule has 2 fully saturated rings. The average Bonchev–Trinajstić information content (AvgIpc) is 2.77. The van der Waals surface area contributed by atoms with Gasteiger partial charge in [0.25, 0.3) is 0 Å². The van der Waals surface area contributed by atoms with Gasteiger partial charge in [-0.15, -0.1) is 0 Å². The van der Waals surface area contributed by atoms with Gasteiger partial charge < -0.3 is 59.8 Å². The summed E-state index contributed by atoms with van der Waals surface area (Å²) in [5.41, 5.74) is 0.629. The van der Waals surface area contributed by atoms with Crippen LogP contribution in [0.15, 0.2) is 18.2 Å². The third-order valence-electron chi connectivity index (χ3n) is 5.64. The van der Waals surface area contributed by atoms with Crippen LogP contribution in [0.1, 0.15) is 12.5 Å². The standard InChI is InChI=1S/C20H30O12/c1-8-13(24)15(26)17(28)19(30-8)32-18-16(27)14(25)12(7-21)31-20(18)29-5-4-9-2-3-10(22)11(23)6-9/h2-3,6,8,12-28H,4-5,7H2,1H3/t8-,12+,13-,14+,15+,16+,17+,18+,19-,20+/m0/s1. The van der Waals surface area contributed by atoms with Gasteiger partial charge in [0.05, 0.1) is 19.3 Å². The fourth-order valence-corrected chi connectivity index (χ4v) is 3.63. The van der Waals surface area contributed by atoms with Crippen LogP contribution in [-0.4, -0.2) is 115 Å². The highest BCUT2D eigenvalue weighted by Gasteiger charge is 2.50. The van der Waals surface area contributed by atoms with E-state index in [0.717, 1.165) is 0 Å². The van der Waals surface area contributed by atoms with Gasteiger partial charge in [0.2, 0.25) is 0 Å². The molecule has 2 saturated heterocycles. The topological polar surface area (TPSA) is 199 Å². The average molecular weight is 462 g/mol. The predicted molar refractivity (Wildman–Crippen MR) is 104 cm³/mol. The molecular formula is C20H30O12. The van der Waals surface area contributed by atoms with Gasteiger partial charge in [-0.25, -0.2) is 0 Å². The zero-order chi connectivity index (χ0) is 23.6. The van der Waals surface area contributed by atoms with E-state index in [2.05, 4.69) is 0 Å². The Balaban J connectivity index is 1.69. The summed E-state index contributed by atoms with van der Waals surface area (Å²) in [6, 6.07) is 4.24. The van der Waals surface area contributed by atoms with E-state index in [4.69, 9.17) is 18.9 Å². The Morgan fingerprint density at radius 2 is 1.56 bits per heavy atom. The molecule has 12 nitrogen and oxygen atoms in total. The molecule has 3 rings (SSSR count). The highest BCUT2D eigenvalue weighted by atomic mass is 16.8. The summed E-state index contributed by atoms with van der Waals surface area (Å²) in [5.74, 6) is -0.566. The van der Waals surface area contributed by atoms with E-state index in [1.807, 2.05) is 0 Å². The van der Waals surface area contributed by atoms with Crippen LogP contribution in [0, 0.1) is 0 Å². The molecule has 2 aliphatic heterocycles. The van der Waals surface area contributed by atoms with Gasteiger partial charge in [0.15, 0.2) is 24.1 Å². The first-order valence-electron chi connectivity index (χ1n) is 10.2. The summed E-state index contributed by atoms with van der Waals surface area (Å²) in [6.07, 6.45) is -13.6. The van der Waals surface area contributed by atoms with Gasteiger partial charge in [-0.3, -0.25) is 0 Å². The van der Waals surface area contributed by atoms with Gasteiger partial charge in [0, 0.05) is 0 Å². The summed E-state index contributed by atoms with van der Waals surface area (Å²) in [4.78, 5) is 0. The summed E-state index contributed by atoms with van der Waals surface area (Å²) in [7, 11) is 0. The summed E-state index contributed by atoms with van der Waals surface area (Å²) in [5, 5.41) is 79.2. The number of aromatic hydroxyl groups is 2. The van der Waals surface area contributed by atoms with Crippen molar-refractivity contribution in [2.45, 2.75) is 74.8 Å². The largest absolute Gasteiger partial charge is 0.504 e. The molecule has 32 heavy (non-hydrogen) atoms. The zero-order valence-electron chi connectivity index (χ0n) is 17.3. The van der Waals surface area contributed by atoms with E-state index in [0.29, 0.717) is 5.56 Å². The van der Waals surface area contributed by atoms with Crippen molar-refractivity contribution in [1.29, 1.82) is 0 Å². The van der Waals surface area contributed by atoms with Gasteiger partial charge in [-0.1, -0.05) is 6.07 Å². The number of phenolic OH excluding ortho intramolecular Hbond substituents is 2. The highest BCUT2D eigenvalue weighted by molar-refractivity contribution is 5.40. The zero-order valence-corrected chi connectivity index (χ0v) is 17.3. The molecule has 0 bridgehead atoms. The molecule has 0 aliphatic carbocycles. The molecule has 12 heteroatoms. The Kier molecular flexibility index (Phi) is 8.27. The fourth-order valence-electron chi connectivity index (χ4n) is 3.63. The molecule has 0 radical (unpaired) electrons. The van der Waals surface area contributed by atoms with Crippen molar-refractivity contribution in [2.24, 2.45) is 0 Å². The molecule has 8 N–H and O–H groups in total. The molecule has 10 atom stereocenters. The molecule has 1 aromatic rings. The first-order chi connectivity index (χ1) is 15.1. The maximum atomic E-state index is 10.5. The number of phenols is 2. The second-order valence-electron chi connectivity index (χ2n) is 7.93. The molecule has 0 saturated carbocycles. The Hall–Kier alpha value is -1.58. The Morgan fingerprint density at radius 3 is 2.22 bits per heavy atom. The second-order valence-corrected chi connectivity index (χ2v) is 7.93. The first-order valence-corrected chi connectivity index (χ1v) is 10.2. The molecular weight excluding hydrogens is 432 g/mol. The van der Waals surface area contributed by atoms with Gasteiger partial charge in [-0.2, -0.15) is 0 Å². The number of hydrogen-bond acceptors (Lipinski definition) is 12. The van der Waals surface area contributed by atoms with E-state index in [1.54, 1.807) is 6.07 Å². The minimum Gasteiger partial charge on any atom is -0.504 e. The molecule has 0 unspecified atom stereocenters. The first kappa shape index (κ1) is 25.1. The second kappa shape index (κ2) is 10.6. The third-order valence-corrected chi connectivity index (χ3v) is 5.64. The molecule has 0 aromatic heterocycles. The van der Waals surface area contributed by atoms with Gasteiger partial charge >= 0.3 is 0 Å². The van der Waals surface area contributed by atoms with Crippen LogP contribution < -0.4 is 0 Å². The van der Waals surface area contributed by atoms with Crippen molar-refractivity contribution in [3.8, 4) is 11.5 Å². The van der Waals surface area contributed by atoms with Crippen molar-refractivity contribution in [1.82, 2.24) is 0 Å². The Morgan fingerprint density at radius 1 is 0.844 bits per heavy atom. The van der Waals surface area contributed by atoms with E-state index in [9.17, 15) is 40.9 Å². The van der Waals surface area contributed by atoms with Crippen LogP contribution in [0.4, 0.5) is 0 Å². The lowest BCUT2D eigenvalue weighted by atomic mass is 9.97. The number of aliphatic hydroxyl groups is 6. The van der Waals surface area contributed by atoms with Crippen LogP contribution in [-0.2, 0) is 25.4 Å². The third kappa shape index (κ3) is 5.31. The Labute approximate surface area is 183 Å². The van der Waals surface area contributed by atoms with Gasteiger partial charge in [0.1, 0.15) is 42.7 Å². The maximum absolute atomic E-state index is 10.5. The number of rotatable bonds is 7. The maximum Gasteiger partial charge on any atom is 0.187 e. The van der Waals surface area contributed by atoms with Crippen molar-refractivity contribution >= 4 is 0 Å². The van der Waals surface area contributed by atoms with Crippen LogP contribution in [0.3, 0.4) is 0 Å². The molecule has 2 aliphatic rings. The lowest BCUT2D eigenvalue weighted by Gasteiger charge is -2.45. The quantitative estimate of drug-likeness (QED) is 0.196. The normalized spacial score (nSPS) is 40.3. The van der Waals surface area contributed by atoms with Crippen molar-refractivity contribution in [3.05, 3.63) is 23.8 Å². The minimum atomic E-state index is -1.65. The number of ether oxygens (including phenoxy) is 4. The monoisotopic (exact) mass is 462 g/mol. The minimum absolute atomic E-state index is 0.00151. The van der Waals surface area contributed by atoms with Crippen LogP contribution >= 0.6 is 0 Å². The molecule has 0 amide bonds. The van der Waals surface area contributed by atoms with Gasteiger partial charge in [-0.05, 0) is 31.0 Å². The van der Waals surface area contributed by atoms with E-state index < -0.39 is 68.0 Å². The molecule has 0 spiro atoms. The summed E-state index contributed by atoms with van der Waals surface area (Å²) < 4.78 is 22.1. The molecule has 1 aromatic carbocycles. The predicted octanol–water partition coefficient (Wildman–Crippen LogP) is -2.69. The summed E-state index contributed by atoms with van der Waals surface area (Å²) in [6.45, 7) is 0.851. The van der Waals surface area contributed by atoms with E-state index >= 15 is 0 Å². The van der Waals surface area contributed by atoms with E-state index in [1.165, 1.54) is 19.1 Å². The van der Waals surface area contributed by atoms with Crippen molar-refractivity contribution < 1.29 is 59.8 Å². The van der Waals surface area contributed by atoms with E-state index in [-0.39, 0.29) is 24.5 Å². The van der Waals surface area contributed by atoms with Crippen molar-refractivity contribution in [3.63, 3.8) is 0 Å².